The summed E-state index contributed by atoms with van der Waals surface area (Å²) in [6, 6.07) is 0.404. The summed E-state index contributed by atoms with van der Waals surface area (Å²) in [5, 5.41) is 16.7. The second kappa shape index (κ2) is 7.27. The molecule has 4 rings (SSSR count). The van der Waals surface area contributed by atoms with Gasteiger partial charge in [-0.2, -0.15) is 18.2 Å². The van der Waals surface area contributed by atoms with E-state index in [0.717, 1.165) is 12.8 Å². The molecule has 5 N–H and O–H groups in total. The number of amides is 1. The number of piperidine rings is 1. The number of hydrazine groups is 1. The topological polar surface area (TPSA) is 130 Å². The molecular weight excluding hydrogens is 405 g/mol. The molecule has 164 valence electrons. The van der Waals surface area contributed by atoms with Crippen molar-refractivity contribution in [3.63, 3.8) is 0 Å². The van der Waals surface area contributed by atoms with Crippen LogP contribution >= 0.6 is 0 Å². The second-order valence-electron chi connectivity index (χ2n) is 7.97. The first-order chi connectivity index (χ1) is 14.1. The van der Waals surface area contributed by atoms with Gasteiger partial charge < -0.3 is 25.3 Å². The van der Waals surface area contributed by atoms with E-state index in [0.29, 0.717) is 43.7 Å². The smallest absolute Gasteiger partial charge is 0.376 e. The quantitative estimate of drug-likeness (QED) is 0.407. The number of carbonyl (C=O) groups excluding carboxylic acids is 1. The predicted octanol–water partition coefficient (Wildman–Crippen LogP) is 1.21. The van der Waals surface area contributed by atoms with E-state index >= 15 is 0 Å². The fourth-order valence-electron chi connectivity index (χ4n) is 4.04. The maximum atomic E-state index is 13.7. The highest BCUT2D eigenvalue weighted by molar-refractivity contribution is 5.82. The molecule has 1 saturated heterocycles. The lowest BCUT2D eigenvalue weighted by Crippen LogP contribution is -2.57. The lowest BCUT2D eigenvalue weighted by atomic mass is 9.76. The fourth-order valence-corrected chi connectivity index (χ4v) is 4.04. The molecule has 1 aromatic rings. The maximum absolute atomic E-state index is 13.7. The molecule has 1 amide bonds. The van der Waals surface area contributed by atoms with E-state index in [1.54, 1.807) is 0 Å². The molecule has 2 aliphatic heterocycles. The Kier molecular flexibility index (Phi) is 5.01. The van der Waals surface area contributed by atoms with Crippen LogP contribution in [0, 0.1) is 5.92 Å². The van der Waals surface area contributed by atoms with Gasteiger partial charge in [-0.25, -0.2) is 5.84 Å². The number of alkyl halides is 3. The van der Waals surface area contributed by atoms with Crippen molar-refractivity contribution in [2.24, 2.45) is 11.8 Å². The minimum absolute atomic E-state index is 0.0895. The summed E-state index contributed by atoms with van der Waals surface area (Å²) in [6.45, 7) is 4.79. The Bertz CT molecular complexity index is 886. The number of aromatic nitrogens is 2. The van der Waals surface area contributed by atoms with Crippen molar-refractivity contribution in [1.29, 1.82) is 0 Å². The minimum Gasteiger partial charge on any atom is -0.376 e. The zero-order valence-electron chi connectivity index (χ0n) is 16.1. The van der Waals surface area contributed by atoms with E-state index in [4.69, 9.17) is 10.4 Å². The van der Waals surface area contributed by atoms with Gasteiger partial charge in [0.05, 0.1) is 6.42 Å². The van der Waals surface area contributed by atoms with Gasteiger partial charge in [0.15, 0.2) is 11.4 Å². The Hall–Kier alpha value is -2.60. The number of rotatable bonds is 5. The number of anilines is 1. The van der Waals surface area contributed by atoms with Gasteiger partial charge >= 0.3 is 12.2 Å². The molecule has 1 aliphatic carbocycles. The van der Waals surface area contributed by atoms with Gasteiger partial charge in [-0.3, -0.25) is 4.79 Å². The monoisotopic (exact) mass is 428 g/mol. The van der Waals surface area contributed by atoms with Crippen molar-refractivity contribution in [3.8, 4) is 0 Å². The molecule has 3 heterocycles. The van der Waals surface area contributed by atoms with Crippen LogP contribution in [-0.2, 0) is 4.79 Å². The third kappa shape index (κ3) is 3.54. The standard InChI is InChI=1S/C18H23F3N6O3/c1-9(13-15(25-22)23-12(28)8-17(13,29)18(19,20)21)10-4-6-27(7-5-10)16-24-14(26-30-16)11-2-3-11/h10-11,25,29H,1-8,22H2,(H,23,28)/t17-/m1/s1. The first kappa shape index (κ1) is 20.7. The van der Waals surface area contributed by atoms with Crippen LogP contribution in [0.15, 0.2) is 28.1 Å². The largest absolute Gasteiger partial charge is 0.422 e. The van der Waals surface area contributed by atoms with Crippen LogP contribution in [0.4, 0.5) is 19.2 Å². The summed E-state index contributed by atoms with van der Waals surface area (Å²) in [5.74, 6) is 4.66. The van der Waals surface area contributed by atoms with Crippen LogP contribution in [0.5, 0.6) is 0 Å². The summed E-state index contributed by atoms with van der Waals surface area (Å²) >= 11 is 0. The summed E-state index contributed by atoms with van der Waals surface area (Å²) in [4.78, 5) is 18.0. The normalized spacial score (nSPS) is 26.0. The Balaban J connectivity index is 1.52. The molecule has 0 spiro atoms. The van der Waals surface area contributed by atoms with E-state index in [2.05, 4.69) is 27.5 Å². The summed E-state index contributed by atoms with van der Waals surface area (Å²) in [6.07, 6.45) is -3.21. The van der Waals surface area contributed by atoms with E-state index in [-0.39, 0.29) is 17.3 Å². The number of hydrogen-bond acceptors (Lipinski definition) is 8. The van der Waals surface area contributed by atoms with E-state index in [9.17, 15) is 23.1 Å². The van der Waals surface area contributed by atoms with Crippen molar-refractivity contribution in [3.05, 3.63) is 29.4 Å². The molecule has 0 unspecified atom stereocenters. The first-order valence-electron chi connectivity index (χ1n) is 9.72. The van der Waals surface area contributed by atoms with Crippen molar-refractivity contribution in [2.75, 3.05) is 18.0 Å². The molecule has 0 radical (unpaired) electrons. The third-order valence-corrected chi connectivity index (χ3v) is 5.91. The molecule has 2 fully saturated rings. The summed E-state index contributed by atoms with van der Waals surface area (Å²) in [7, 11) is 0. The molecule has 1 aromatic heterocycles. The van der Waals surface area contributed by atoms with Gasteiger partial charge in [0.25, 0.3) is 0 Å². The van der Waals surface area contributed by atoms with Gasteiger partial charge in [-0.15, -0.1) is 0 Å². The average Bonchev–Trinajstić information content (AvgIpc) is 3.43. The van der Waals surface area contributed by atoms with E-state index in [1.165, 1.54) is 0 Å². The first-order valence-corrected chi connectivity index (χ1v) is 9.72. The van der Waals surface area contributed by atoms with Crippen LogP contribution in [0.1, 0.15) is 43.8 Å². The Morgan fingerprint density at radius 2 is 2.00 bits per heavy atom. The van der Waals surface area contributed by atoms with Crippen molar-refractivity contribution < 1.29 is 27.6 Å². The lowest BCUT2D eigenvalue weighted by Gasteiger charge is -2.41. The maximum Gasteiger partial charge on any atom is 0.422 e. The SMILES string of the molecule is C=C(C1=C(NN)NC(=O)C[C@]1(O)C(F)(F)F)C1CCN(c2nc(C3CC3)no2)CC1. The Morgan fingerprint density at radius 1 is 1.33 bits per heavy atom. The van der Waals surface area contributed by atoms with Gasteiger partial charge in [-0.05, 0) is 37.2 Å². The van der Waals surface area contributed by atoms with Crippen molar-refractivity contribution in [1.82, 2.24) is 20.9 Å². The molecule has 1 atom stereocenters. The highest BCUT2D eigenvalue weighted by atomic mass is 19.4. The second-order valence-corrected chi connectivity index (χ2v) is 7.97. The zero-order chi connectivity index (χ0) is 21.7. The zero-order valence-corrected chi connectivity index (χ0v) is 16.1. The number of nitrogens with zero attached hydrogens (tertiary/aromatic N) is 3. The van der Waals surface area contributed by atoms with Crippen molar-refractivity contribution in [2.45, 2.75) is 49.8 Å². The number of nitrogens with two attached hydrogens (primary N) is 1. The Labute approximate surface area is 170 Å². The van der Waals surface area contributed by atoms with Crippen molar-refractivity contribution >= 4 is 11.9 Å². The predicted molar refractivity (Wildman–Crippen MR) is 98.5 cm³/mol. The number of nitrogens with one attached hydrogen (secondary N) is 2. The van der Waals surface area contributed by atoms with Gasteiger partial charge in [-0.1, -0.05) is 11.7 Å². The van der Waals surface area contributed by atoms with Gasteiger partial charge in [0.2, 0.25) is 5.91 Å². The van der Waals surface area contributed by atoms with Crippen LogP contribution in [-0.4, -0.2) is 46.0 Å². The molecule has 1 saturated carbocycles. The molecule has 0 bridgehead atoms. The van der Waals surface area contributed by atoms with Crippen LogP contribution < -0.4 is 21.5 Å². The van der Waals surface area contributed by atoms with E-state index in [1.807, 2.05) is 4.90 Å². The third-order valence-electron chi connectivity index (χ3n) is 5.91. The number of aliphatic hydroxyl groups is 1. The van der Waals surface area contributed by atoms with E-state index < -0.39 is 29.7 Å². The molecule has 9 nitrogen and oxygen atoms in total. The van der Waals surface area contributed by atoms with Crippen LogP contribution in [0.2, 0.25) is 0 Å². The summed E-state index contributed by atoms with van der Waals surface area (Å²) in [5.41, 5.74) is -1.73. The highest BCUT2D eigenvalue weighted by Gasteiger charge is 2.61. The fraction of sp³-hybridized carbons (Fsp3) is 0.611. The van der Waals surface area contributed by atoms with Crippen LogP contribution in [0.25, 0.3) is 0 Å². The number of carbonyl (C=O) groups is 1. The Morgan fingerprint density at radius 3 is 2.57 bits per heavy atom. The lowest BCUT2D eigenvalue weighted by molar-refractivity contribution is -0.246. The molecular formula is C18H23F3N6O3. The molecule has 12 heteroatoms. The van der Waals surface area contributed by atoms with Crippen LogP contribution in [0.3, 0.4) is 0 Å². The number of hydrogen-bond donors (Lipinski definition) is 4. The summed E-state index contributed by atoms with van der Waals surface area (Å²) < 4.78 is 46.5. The molecule has 30 heavy (non-hydrogen) atoms. The molecule has 0 aromatic carbocycles. The van der Waals surface area contributed by atoms with Gasteiger partial charge in [0, 0.05) is 24.6 Å². The highest BCUT2D eigenvalue weighted by Crippen LogP contribution is 2.46. The minimum atomic E-state index is -5.07. The molecule has 3 aliphatic rings. The number of halogens is 3. The van der Waals surface area contributed by atoms with Gasteiger partial charge in [0.1, 0.15) is 5.82 Å². The average molecular weight is 428 g/mol.